The highest BCUT2D eigenvalue weighted by Gasteiger charge is 2.29. The Morgan fingerprint density at radius 2 is 0.844 bits per heavy atom. The molecule has 0 saturated carbocycles. The normalized spacial score (nSPS) is 13.9. The van der Waals surface area contributed by atoms with Gasteiger partial charge >= 0.3 is 11.9 Å². The van der Waals surface area contributed by atoms with Crippen LogP contribution in [0, 0.1) is 0 Å². The Morgan fingerprint density at radius 1 is 0.500 bits per heavy atom. The van der Waals surface area contributed by atoms with Crippen LogP contribution in [0.2, 0.25) is 0 Å². The van der Waals surface area contributed by atoms with Gasteiger partial charge in [0.05, 0.1) is 0 Å². The Labute approximate surface area is 402 Å². The molecule has 2 atom stereocenters. The molecule has 1 N–H and O–H groups in total. The highest BCUT2D eigenvalue weighted by molar-refractivity contribution is 8.35. The standard InChI is InChI=1S/C54H111N3O5S2/c1-11-15-18-21-26-33-41-50(14-4)61-52(58)44-36-29-24-31-38-47-57(49-40-46-55-64(10,60)56-63(8,9)54(5,6)7)48-39-32-25-30-37-45-53(59)62-51(42-34-27-22-19-16-12-2)43-35-28-23-20-17-13-3/h50-51H,11-49H2,1-10H3,(H,55,56,60). The number of hydrogen-bond donors (Lipinski definition) is 1. The van der Waals surface area contributed by atoms with Crippen molar-refractivity contribution in [2.45, 2.75) is 290 Å². The molecule has 2 unspecified atom stereocenters. The highest BCUT2D eigenvalue weighted by atomic mass is 32.3. The van der Waals surface area contributed by atoms with Crippen LogP contribution in [0.5, 0.6) is 0 Å². The van der Waals surface area contributed by atoms with Gasteiger partial charge in [-0.15, -0.1) is 10.2 Å². The first-order valence-electron chi connectivity index (χ1n) is 27.4. The summed E-state index contributed by atoms with van der Waals surface area (Å²) in [5.74, 6) is -0.00575. The quantitative estimate of drug-likeness (QED) is 0.0482. The maximum absolute atomic E-state index is 13.4. The van der Waals surface area contributed by atoms with Crippen LogP contribution in [0.3, 0.4) is 0 Å². The molecule has 0 rings (SSSR count). The average Bonchev–Trinajstić information content (AvgIpc) is 3.23. The van der Waals surface area contributed by atoms with Crippen molar-refractivity contribution >= 4 is 32.1 Å². The van der Waals surface area contributed by atoms with E-state index in [1.54, 1.807) is 6.26 Å². The zero-order valence-corrected chi connectivity index (χ0v) is 46.1. The molecule has 0 amide bonds. The van der Waals surface area contributed by atoms with Gasteiger partial charge in [-0.05, 0) is 109 Å². The predicted molar refractivity (Wildman–Crippen MR) is 284 cm³/mol. The molecule has 0 aliphatic rings. The van der Waals surface area contributed by atoms with Crippen molar-refractivity contribution in [3.05, 3.63) is 0 Å². The fourth-order valence-corrected chi connectivity index (χ4v) is 12.7. The van der Waals surface area contributed by atoms with Gasteiger partial charge in [0, 0.05) is 30.4 Å². The lowest BCUT2D eigenvalue weighted by atomic mass is 10.0. The van der Waals surface area contributed by atoms with Gasteiger partial charge in [0.1, 0.15) is 22.1 Å². The van der Waals surface area contributed by atoms with Gasteiger partial charge in [-0.2, -0.15) is 3.77 Å². The zero-order valence-electron chi connectivity index (χ0n) is 44.5. The van der Waals surface area contributed by atoms with Crippen molar-refractivity contribution in [1.82, 2.24) is 9.62 Å². The summed E-state index contributed by atoms with van der Waals surface area (Å²) in [4.78, 5) is 28.1. The summed E-state index contributed by atoms with van der Waals surface area (Å²) in [5.41, 5.74) is 0. The molecule has 0 aromatic rings. The summed E-state index contributed by atoms with van der Waals surface area (Å²) >= 11 is 0. The first-order valence-corrected chi connectivity index (χ1v) is 31.8. The monoisotopic (exact) mass is 946 g/mol. The van der Waals surface area contributed by atoms with Crippen LogP contribution in [-0.2, 0) is 29.0 Å². The van der Waals surface area contributed by atoms with E-state index >= 15 is 0 Å². The molecule has 0 aromatic carbocycles. The lowest BCUT2D eigenvalue weighted by Gasteiger charge is -2.40. The van der Waals surface area contributed by atoms with Crippen molar-refractivity contribution in [2.75, 3.05) is 44.9 Å². The van der Waals surface area contributed by atoms with E-state index in [0.29, 0.717) is 19.4 Å². The number of nitrogens with one attached hydrogen (secondary N) is 1. The smallest absolute Gasteiger partial charge is 0.306 e. The molecule has 0 radical (unpaired) electrons. The van der Waals surface area contributed by atoms with E-state index in [1.807, 2.05) is 0 Å². The second kappa shape index (κ2) is 41.2. The molecular formula is C54H111N3O5S2. The molecule has 10 heteroatoms. The number of hydrogen-bond acceptors (Lipinski definition) is 7. The van der Waals surface area contributed by atoms with Gasteiger partial charge in [0.2, 0.25) is 0 Å². The predicted octanol–water partition coefficient (Wildman–Crippen LogP) is 16.2. The summed E-state index contributed by atoms with van der Waals surface area (Å²) in [5, 5.41) is 0. The third-order valence-corrected chi connectivity index (χ3v) is 19.6. The van der Waals surface area contributed by atoms with Crippen LogP contribution in [0.1, 0.15) is 273 Å². The van der Waals surface area contributed by atoms with Gasteiger partial charge in [-0.25, -0.2) is 8.93 Å². The Kier molecular flexibility index (Phi) is 40.6. The van der Waals surface area contributed by atoms with Gasteiger partial charge in [-0.1, -0.05) is 183 Å². The van der Waals surface area contributed by atoms with Crippen LogP contribution in [-0.4, -0.2) is 82.9 Å². The topological polar surface area (TPSA) is 97.3 Å². The third kappa shape index (κ3) is 38.2. The maximum Gasteiger partial charge on any atom is 0.306 e. The lowest BCUT2D eigenvalue weighted by Crippen LogP contribution is -2.32. The molecule has 0 aliphatic heterocycles. The lowest BCUT2D eigenvalue weighted by molar-refractivity contribution is -0.150. The Balaban J connectivity index is 4.83. The molecule has 64 heavy (non-hydrogen) atoms. The highest BCUT2D eigenvalue weighted by Crippen LogP contribution is 2.54. The van der Waals surface area contributed by atoms with Crippen molar-refractivity contribution < 1.29 is 23.3 Å². The molecular weight excluding hydrogens is 835 g/mol. The Morgan fingerprint density at radius 3 is 1.25 bits per heavy atom. The minimum Gasteiger partial charge on any atom is -0.462 e. The maximum atomic E-state index is 13.4. The molecule has 0 saturated heterocycles. The summed E-state index contributed by atoms with van der Waals surface area (Å²) in [6.45, 7) is 19.3. The van der Waals surface area contributed by atoms with Crippen molar-refractivity contribution in [1.29, 1.82) is 0 Å². The van der Waals surface area contributed by atoms with Crippen molar-refractivity contribution in [2.24, 2.45) is 3.77 Å². The number of esters is 2. The second-order valence-electron chi connectivity index (χ2n) is 20.7. The van der Waals surface area contributed by atoms with E-state index < -0.39 is 20.1 Å². The SMILES string of the molecule is CCCCCCCCC(CC)OC(=O)CCCCCCCN(CCCCCCCC(=O)OC(CCCCCCCC)CCCCCCCC)CCCNS(C)(=O)=NS(C)(C)C(C)(C)C. The Hall–Kier alpha value is -0.840. The fourth-order valence-electron chi connectivity index (χ4n) is 8.22. The van der Waals surface area contributed by atoms with E-state index in [4.69, 9.17) is 13.2 Å². The van der Waals surface area contributed by atoms with Gasteiger partial charge in [0.15, 0.2) is 0 Å². The molecule has 8 nitrogen and oxygen atoms in total. The van der Waals surface area contributed by atoms with E-state index in [0.717, 1.165) is 110 Å². The summed E-state index contributed by atoms with van der Waals surface area (Å²) in [7, 11) is -3.83. The van der Waals surface area contributed by atoms with Gasteiger partial charge < -0.3 is 14.4 Å². The first-order chi connectivity index (χ1) is 30.6. The number of unbranched alkanes of at least 4 members (excludes halogenated alkanes) is 23. The Bertz CT molecular complexity index is 1200. The number of carbonyl (C=O) groups excluding carboxylic acids is 2. The van der Waals surface area contributed by atoms with Crippen LogP contribution >= 0.6 is 10.2 Å². The molecule has 384 valence electrons. The molecule has 0 fully saturated rings. The van der Waals surface area contributed by atoms with Crippen LogP contribution in [0.4, 0.5) is 0 Å². The largest absolute Gasteiger partial charge is 0.462 e. The molecule has 0 bridgehead atoms. The number of carbonyl (C=O) groups is 2. The van der Waals surface area contributed by atoms with Gasteiger partial charge in [0.25, 0.3) is 0 Å². The minimum atomic E-state index is -2.46. The number of nitrogens with zero attached hydrogens (tertiary/aromatic N) is 2. The summed E-state index contributed by atoms with van der Waals surface area (Å²) < 4.78 is 33.5. The minimum absolute atomic E-state index is 0.00476. The van der Waals surface area contributed by atoms with E-state index in [1.165, 1.54) is 122 Å². The summed E-state index contributed by atoms with van der Waals surface area (Å²) in [6.07, 6.45) is 46.0. The van der Waals surface area contributed by atoms with E-state index in [2.05, 4.69) is 70.6 Å². The van der Waals surface area contributed by atoms with Crippen LogP contribution in [0.15, 0.2) is 3.77 Å². The molecule has 0 heterocycles. The third-order valence-electron chi connectivity index (χ3n) is 13.2. The molecule has 0 aliphatic carbocycles. The van der Waals surface area contributed by atoms with E-state index in [-0.39, 0.29) is 28.9 Å². The average molecular weight is 947 g/mol. The van der Waals surface area contributed by atoms with Crippen LogP contribution in [0.25, 0.3) is 0 Å². The fraction of sp³-hybridized carbons (Fsp3) is 0.963. The van der Waals surface area contributed by atoms with Crippen molar-refractivity contribution in [3.63, 3.8) is 0 Å². The number of ether oxygens (including phenoxy) is 2. The van der Waals surface area contributed by atoms with E-state index in [9.17, 15) is 13.8 Å². The number of rotatable bonds is 46. The second-order valence-corrected chi connectivity index (χ2v) is 26.9. The molecule has 0 spiro atoms. The summed E-state index contributed by atoms with van der Waals surface area (Å²) in [6, 6.07) is 0. The first kappa shape index (κ1) is 63.2. The molecule has 0 aromatic heterocycles. The zero-order chi connectivity index (χ0) is 47.8. The van der Waals surface area contributed by atoms with Crippen molar-refractivity contribution in [3.8, 4) is 0 Å². The van der Waals surface area contributed by atoms with Gasteiger partial charge in [-0.3, -0.25) is 9.59 Å². The van der Waals surface area contributed by atoms with Crippen LogP contribution < -0.4 is 4.72 Å².